The lowest BCUT2D eigenvalue weighted by Gasteiger charge is -2.29. The second kappa shape index (κ2) is 13.6. The van der Waals surface area contributed by atoms with Crippen LogP contribution in [0, 0.1) is 12.7 Å². The maximum atomic E-state index is 14.9. The number of halogens is 5. The predicted molar refractivity (Wildman–Crippen MR) is 202 cm³/mol. The Balaban J connectivity index is 0.947. The molecule has 0 saturated carbocycles. The van der Waals surface area contributed by atoms with Crippen LogP contribution in [0.5, 0.6) is 11.5 Å². The molecule has 56 heavy (non-hydrogen) atoms. The van der Waals surface area contributed by atoms with E-state index in [0.717, 1.165) is 41.5 Å². The standard InChI is InChI=1S/C41H35ClF4N6O4/c1-22-29-18-26(19-31(41(44,45)46)37(29)50-49-22)47-39(53)24-6-9-34-33(16-24)48-36(52(34)20-27-12-15-54-27)21-51-13-10-23(11-14-51)28-4-3-5-35-38(28)56-40(2,55-35)30-8-7-25(42)17-32(30)43/h3-10,16-19,27H,11-15,20-21H2,1-2H3,(H,47,53)(H,49,50)/t27?,40-/m0/s1. The average molecular weight is 787 g/mol. The van der Waals surface area contributed by atoms with E-state index in [-0.39, 0.29) is 38.8 Å². The first-order valence-corrected chi connectivity index (χ1v) is 18.6. The van der Waals surface area contributed by atoms with Crippen molar-refractivity contribution in [3.05, 3.63) is 117 Å². The van der Waals surface area contributed by atoms with E-state index in [9.17, 15) is 22.4 Å². The van der Waals surface area contributed by atoms with Crippen LogP contribution in [-0.4, -0.2) is 56.4 Å². The van der Waals surface area contributed by atoms with Crippen LogP contribution in [0.1, 0.15) is 58.3 Å². The van der Waals surface area contributed by atoms with Crippen LogP contribution < -0.4 is 14.8 Å². The molecule has 0 bridgehead atoms. The first-order valence-electron chi connectivity index (χ1n) is 18.2. The third-order valence-corrected chi connectivity index (χ3v) is 10.9. The van der Waals surface area contributed by atoms with Crippen molar-refractivity contribution in [3.8, 4) is 11.5 Å². The zero-order chi connectivity index (χ0) is 38.9. The number of para-hydroxylation sites is 1. The van der Waals surface area contributed by atoms with Gasteiger partial charge in [-0.3, -0.25) is 14.8 Å². The number of imidazole rings is 1. The molecule has 3 aliphatic rings. The van der Waals surface area contributed by atoms with Crippen LogP contribution in [0.25, 0.3) is 27.5 Å². The van der Waals surface area contributed by atoms with Gasteiger partial charge in [0, 0.05) is 59.5 Å². The number of aromatic amines is 1. The topological polar surface area (TPSA) is 107 Å². The quantitative estimate of drug-likeness (QED) is 0.148. The van der Waals surface area contributed by atoms with Gasteiger partial charge in [0.15, 0.2) is 11.5 Å². The molecule has 0 aliphatic carbocycles. The number of H-pyrrole nitrogens is 1. The third-order valence-electron chi connectivity index (χ3n) is 10.7. The summed E-state index contributed by atoms with van der Waals surface area (Å²) in [7, 11) is 0. The van der Waals surface area contributed by atoms with Crippen molar-refractivity contribution < 1.29 is 36.6 Å². The van der Waals surface area contributed by atoms with Crippen LogP contribution in [-0.2, 0) is 29.8 Å². The summed E-state index contributed by atoms with van der Waals surface area (Å²) < 4.78 is 77.0. The van der Waals surface area contributed by atoms with E-state index in [1.165, 1.54) is 12.1 Å². The van der Waals surface area contributed by atoms with Gasteiger partial charge in [0.1, 0.15) is 17.2 Å². The summed E-state index contributed by atoms with van der Waals surface area (Å²) in [6.45, 7) is 6.47. The summed E-state index contributed by atoms with van der Waals surface area (Å²) in [6.07, 6.45) is -0.834. The number of amides is 1. The van der Waals surface area contributed by atoms with Crippen molar-refractivity contribution in [2.45, 2.75) is 57.8 Å². The number of alkyl halides is 3. The van der Waals surface area contributed by atoms with E-state index in [2.05, 4.69) is 31.1 Å². The Morgan fingerprint density at radius 3 is 2.68 bits per heavy atom. The molecular formula is C41H35ClF4N6O4. The van der Waals surface area contributed by atoms with Crippen LogP contribution in [0.15, 0.2) is 72.8 Å². The molecule has 2 aromatic heterocycles. The van der Waals surface area contributed by atoms with Gasteiger partial charge in [-0.2, -0.15) is 18.3 Å². The summed E-state index contributed by atoms with van der Waals surface area (Å²) in [5.74, 6) is -0.542. The van der Waals surface area contributed by atoms with Crippen molar-refractivity contribution >= 4 is 50.7 Å². The minimum Gasteiger partial charge on any atom is -0.444 e. The molecule has 3 aliphatic heterocycles. The van der Waals surface area contributed by atoms with Crippen molar-refractivity contribution in [2.24, 2.45) is 0 Å². The van der Waals surface area contributed by atoms with E-state index < -0.39 is 29.3 Å². The highest BCUT2D eigenvalue weighted by Gasteiger charge is 2.42. The fourth-order valence-electron chi connectivity index (χ4n) is 7.66. The van der Waals surface area contributed by atoms with E-state index >= 15 is 0 Å². The monoisotopic (exact) mass is 786 g/mol. The number of aromatic nitrogens is 4. The summed E-state index contributed by atoms with van der Waals surface area (Å²) >= 11 is 5.99. The lowest BCUT2D eigenvalue weighted by Crippen LogP contribution is -2.33. The Morgan fingerprint density at radius 2 is 1.95 bits per heavy atom. The molecule has 1 amide bonds. The molecule has 15 heteroatoms. The van der Waals surface area contributed by atoms with Gasteiger partial charge >= 0.3 is 6.18 Å². The number of hydrogen-bond donors (Lipinski definition) is 2. The lowest BCUT2D eigenvalue weighted by molar-refractivity contribution is -0.136. The van der Waals surface area contributed by atoms with Gasteiger partial charge in [-0.05, 0) is 79.9 Å². The Kier molecular flexibility index (Phi) is 8.82. The number of nitrogens with zero attached hydrogens (tertiary/aromatic N) is 4. The number of aryl methyl sites for hydroxylation is 1. The number of hydrogen-bond acceptors (Lipinski definition) is 7. The van der Waals surface area contributed by atoms with Gasteiger partial charge in [0.05, 0.1) is 41.4 Å². The number of anilines is 1. The summed E-state index contributed by atoms with van der Waals surface area (Å²) in [5.41, 5.74) is 3.22. The average Bonchev–Trinajstić information content (AvgIpc) is 3.80. The minimum atomic E-state index is -4.66. The molecule has 288 valence electrons. The Labute approximate surface area is 323 Å². The summed E-state index contributed by atoms with van der Waals surface area (Å²) in [5, 5.41) is 9.62. The zero-order valence-electron chi connectivity index (χ0n) is 30.3. The SMILES string of the molecule is Cc1[nH]nc2c(C(F)(F)F)cc(NC(=O)c3ccc4c(c3)nc(CN3CC=C(c5cccc6c5O[C@@](C)(c5ccc(Cl)cc5F)O6)CC3)n4CC3CCO3)cc12. The Bertz CT molecular complexity index is 2580. The van der Waals surface area contributed by atoms with Crippen LogP contribution in [0.4, 0.5) is 23.2 Å². The highest BCUT2D eigenvalue weighted by molar-refractivity contribution is 6.30. The number of nitrogens with one attached hydrogen (secondary N) is 2. The first-order chi connectivity index (χ1) is 26.8. The molecule has 9 rings (SSSR count). The fourth-order valence-corrected chi connectivity index (χ4v) is 7.82. The van der Waals surface area contributed by atoms with Gasteiger partial charge in [-0.1, -0.05) is 29.8 Å². The first kappa shape index (κ1) is 36.2. The molecule has 2 atom stereocenters. The maximum absolute atomic E-state index is 14.9. The van der Waals surface area contributed by atoms with E-state index in [4.69, 9.17) is 30.8 Å². The molecule has 10 nitrogen and oxygen atoms in total. The van der Waals surface area contributed by atoms with E-state index in [0.29, 0.717) is 55.4 Å². The molecule has 5 heterocycles. The number of fused-ring (bicyclic) bond motifs is 3. The van der Waals surface area contributed by atoms with Crippen LogP contribution in [0.3, 0.4) is 0 Å². The lowest BCUT2D eigenvalue weighted by atomic mass is 9.98. The summed E-state index contributed by atoms with van der Waals surface area (Å²) in [4.78, 5) is 20.7. The molecule has 4 aromatic carbocycles. The van der Waals surface area contributed by atoms with Crippen molar-refractivity contribution in [1.29, 1.82) is 0 Å². The Morgan fingerprint density at radius 1 is 1.11 bits per heavy atom. The molecule has 0 spiro atoms. The fraction of sp³-hybridized carbons (Fsp3) is 0.293. The van der Waals surface area contributed by atoms with Gasteiger partial charge in [0.2, 0.25) is 0 Å². The van der Waals surface area contributed by atoms with E-state index in [1.807, 2.05) is 24.3 Å². The molecule has 1 fully saturated rings. The molecule has 1 saturated heterocycles. The highest BCUT2D eigenvalue weighted by atomic mass is 35.5. The third kappa shape index (κ3) is 6.54. The number of rotatable bonds is 8. The van der Waals surface area contributed by atoms with Gasteiger partial charge in [0.25, 0.3) is 11.7 Å². The summed E-state index contributed by atoms with van der Waals surface area (Å²) in [6, 6.07) is 17.6. The minimum absolute atomic E-state index is 0.00862. The second-order valence-corrected chi connectivity index (χ2v) is 14.9. The number of carbonyl (C=O) groups is 1. The second-order valence-electron chi connectivity index (χ2n) is 14.5. The van der Waals surface area contributed by atoms with Crippen LogP contribution in [0.2, 0.25) is 5.02 Å². The van der Waals surface area contributed by atoms with Crippen molar-refractivity contribution in [1.82, 2.24) is 24.6 Å². The van der Waals surface area contributed by atoms with Crippen molar-refractivity contribution in [3.63, 3.8) is 0 Å². The smallest absolute Gasteiger partial charge is 0.418 e. The number of carbonyl (C=O) groups excluding carboxylic acids is 1. The number of ether oxygens (including phenoxy) is 3. The Hall–Kier alpha value is -5.44. The normalized spacial score (nSPS) is 19.7. The van der Waals surface area contributed by atoms with E-state index in [1.54, 1.807) is 38.1 Å². The highest BCUT2D eigenvalue weighted by Crippen LogP contribution is 2.49. The predicted octanol–water partition coefficient (Wildman–Crippen LogP) is 9.01. The molecule has 6 aromatic rings. The largest absolute Gasteiger partial charge is 0.444 e. The van der Waals surface area contributed by atoms with Gasteiger partial charge in [-0.15, -0.1) is 0 Å². The molecular weight excluding hydrogens is 752 g/mol. The van der Waals surface area contributed by atoms with Crippen molar-refractivity contribution in [2.75, 3.05) is 25.0 Å². The van der Waals surface area contributed by atoms with Crippen LogP contribution >= 0.6 is 11.6 Å². The molecule has 1 unspecified atom stereocenters. The molecule has 2 N–H and O–H groups in total. The van der Waals surface area contributed by atoms with Gasteiger partial charge < -0.3 is 24.1 Å². The van der Waals surface area contributed by atoms with Gasteiger partial charge in [-0.25, -0.2) is 9.37 Å². The maximum Gasteiger partial charge on any atom is 0.418 e. The zero-order valence-corrected chi connectivity index (χ0v) is 31.0. The molecule has 0 radical (unpaired) electrons. The number of benzene rings is 4.